The number of amides is 1. The van der Waals surface area contributed by atoms with Gasteiger partial charge in [-0.3, -0.25) is 4.79 Å². The Bertz CT molecular complexity index is 821. The van der Waals surface area contributed by atoms with Crippen LogP contribution in [0.4, 0.5) is 0 Å². The number of ether oxygens (including phenoxy) is 2. The van der Waals surface area contributed by atoms with Crippen LogP contribution in [0, 0.1) is 0 Å². The Balaban J connectivity index is 1.61. The fourth-order valence-corrected chi connectivity index (χ4v) is 4.01. The summed E-state index contributed by atoms with van der Waals surface area (Å²) in [6.07, 6.45) is 19.9. The van der Waals surface area contributed by atoms with E-state index < -0.39 is 0 Å². The largest absolute Gasteiger partial charge is 0.496 e. The number of carbonyl (C=O) groups excluding carboxylic acids is 1. The maximum absolute atomic E-state index is 12.6. The van der Waals surface area contributed by atoms with Crippen LogP contribution in [0.3, 0.4) is 0 Å². The zero-order valence-electron chi connectivity index (χ0n) is 21.6. The van der Waals surface area contributed by atoms with Crippen molar-refractivity contribution >= 4 is 5.91 Å². The van der Waals surface area contributed by atoms with E-state index in [9.17, 15) is 4.79 Å². The number of nitrogens with zero attached hydrogens (tertiary/aromatic N) is 1. The number of aromatic nitrogens is 1. The Hall–Kier alpha value is -2.56. The molecule has 1 amide bonds. The molecular weight excluding hydrogens is 424 g/mol. The smallest absolute Gasteiger partial charge is 0.255 e. The van der Waals surface area contributed by atoms with Crippen molar-refractivity contribution in [2.75, 3.05) is 13.7 Å². The lowest BCUT2D eigenvalue weighted by Crippen LogP contribution is -2.27. The molecule has 5 nitrogen and oxygen atoms in total. The summed E-state index contributed by atoms with van der Waals surface area (Å²) in [5, 5.41) is 2.96. The Morgan fingerprint density at radius 1 is 0.853 bits per heavy atom. The number of rotatable bonds is 18. The summed E-state index contributed by atoms with van der Waals surface area (Å²) >= 11 is 0. The van der Waals surface area contributed by atoms with Crippen molar-refractivity contribution in [1.82, 2.24) is 5.32 Å². The van der Waals surface area contributed by atoms with E-state index in [0.29, 0.717) is 24.5 Å². The van der Waals surface area contributed by atoms with Crippen LogP contribution in [0.15, 0.2) is 42.7 Å². The molecule has 1 N–H and O–H groups in total. The maximum Gasteiger partial charge on any atom is 0.255 e. The topological polar surface area (TPSA) is 51.4 Å². The number of pyridine rings is 1. The van der Waals surface area contributed by atoms with Crippen LogP contribution in [-0.4, -0.2) is 19.6 Å². The lowest BCUT2D eigenvalue weighted by Gasteiger charge is -2.12. The van der Waals surface area contributed by atoms with Crippen molar-refractivity contribution in [3.63, 3.8) is 0 Å². The van der Waals surface area contributed by atoms with Crippen molar-refractivity contribution in [3.8, 4) is 11.5 Å². The van der Waals surface area contributed by atoms with Crippen LogP contribution in [0.1, 0.15) is 99.9 Å². The normalized spacial score (nSPS) is 10.8. The standard InChI is InChI=1S/C29H44N2O3/c1-4-5-6-7-8-9-10-11-12-13-14-15-22-34-26-16-17-27(28(23-26)33-3)29(32)30-24-25-18-20-31(2)21-19-25/h16-21,23H,4-15,22,24H2,1-3H3/p+1. The molecule has 1 aromatic carbocycles. The van der Waals surface area contributed by atoms with Gasteiger partial charge in [-0.2, -0.15) is 0 Å². The van der Waals surface area contributed by atoms with Crippen LogP contribution >= 0.6 is 0 Å². The zero-order valence-corrected chi connectivity index (χ0v) is 21.6. The number of aryl methyl sites for hydroxylation is 1. The van der Waals surface area contributed by atoms with E-state index in [2.05, 4.69) is 12.2 Å². The van der Waals surface area contributed by atoms with Gasteiger partial charge in [0.15, 0.2) is 12.4 Å². The fraction of sp³-hybridized carbons (Fsp3) is 0.586. The van der Waals surface area contributed by atoms with E-state index in [1.165, 1.54) is 70.6 Å². The van der Waals surface area contributed by atoms with Crippen LogP contribution in [0.2, 0.25) is 0 Å². The third kappa shape index (κ3) is 11.0. The molecule has 1 heterocycles. The van der Waals surface area contributed by atoms with E-state index in [1.807, 2.05) is 42.2 Å². The van der Waals surface area contributed by atoms with Crippen molar-refractivity contribution in [2.45, 2.75) is 90.5 Å². The number of methoxy groups -OCH3 is 1. The number of unbranched alkanes of at least 4 members (excludes halogenated alkanes) is 11. The monoisotopic (exact) mass is 469 g/mol. The highest BCUT2D eigenvalue weighted by Crippen LogP contribution is 2.25. The molecule has 2 rings (SSSR count). The SMILES string of the molecule is CCCCCCCCCCCCCCOc1ccc(C(=O)NCc2cc[n+](C)cc2)c(OC)c1. The van der Waals surface area contributed by atoms with Crippen LogP contribution in [-0.2, 0) is 13.6 Å². The molecule has 0 unspecified atom stereocenters. The molecule has 0 saturated heterocycles. The zero-order chi connectivity index (χ0) is 24.4. The number of nitrogens with one attached hydrogen (secondary N) is 1. The molecule has 0 aliphatic carbocycles. The Morgan fingerprint density at radius 3 is 2.03 bits per heavy atom. The summed E-state index contributed by atoms with van der Waals surface area (Å²) in [5.74, 6) is 1.12. The maximum atomic E-state index is 12.6. The summed E-state index contributed by atoms with van der Waals surface area (Å²) in [7, 11) is 3.55. The highest BCUT2D eigenvalue weighted by molar-refractivity contribution is 5.97. The number of hydrogen-bond donors (Lipinski definition) is 1. The highest BCUT2D eigenvalue weighted by Gasteiger charge is 2.13. The molecule has 2 aromatic rings. The molecule has 34 heavy (non-hydrogen) atoms. The van der Waals surface area contributed by atoms with Gasteiger partial charge in [-0.25, -0.2) is 4.57 Å². The van der Waals surface area contributed by atoms with Crippen molar-refractivity contribution < 1.29 is 18.8 Å². The summed E-state index contributed by atoms with van der Waals surface area (Å²) in [5.41, 5.74) is 1.56. The second-order valence-corrected chi connectivity index (χ2v) is 9.15. The first-order valence-electron chi connectivity index (χ1n) is 13.2. The molecule has 188 valence electrons. The summed E-state index contributed by atoms with van der Waals surface area (Å²) in [4.78, 5) is 12.6. The number of carbonyl (C=O) groups is 1. The van der Waals surface area contributed by atoms with Gasteiger partial charge in [0.2, 0.25) is 0 Å². The minimum Gasteiger partial charge on any atom is -0.496 e. The molecule has 0 aliphatic rings. The molecule has 5 heteroatoms. The molecule has 0 bridgehead atoms. The molecule has 0 radical (unpaired) electrons. The van der Waals surface area contributed by atoms with E-state index in [0.717, 1.165) is 17.7 Å². The second kappa shape index (κ2) is 17.0. The predicted octanol–water partition coefficient (Wildman–Crippen LogP) is 6.53. The summed E-state index contributed by atoms with van der Waals surface area (Å²) < 4.78 is 13.3. The summed E-state index contributed by atoms with van der Waals surface area (Å²) in [6, 6.07) is 9.41. The Kier molecular flexibility index (Phi) is 13.8. The fourth-order valence-electron chi connectivity index (χ4n) is 4.01. The molecule has 1 aromatic heterocycles. The van der Waals surface area contributed by atoms with E-state index in [1.54, 1.807) is 19.2 Å². The average Bonchev–Trinajstić information content (AvgIpc) is 2.86. The first-order chi connectivity index (χ1) is 16.6. The average molecular weight is 470 g/mol. The third-order valence-corrected chi connectivity index (χ3v) is 6.18. The first-order valence-corrected chi connectivity index (χ1v) is 13.2. The van der Waals surface area contributed by atoms with Crippen LogP contribution in [0.25, 0.3) is 0 Å². The minimum atomic E-state index is -0.155. The number of benzene rings is 1. The van der Waals surface area contributed by atoms with Crippen molar-refractivity contribution in [3.05, 3.63) is 53.9 Å². The van der Waals surface area contributed by atoms with Crippen molar-refractivity contribution in [2.24, 2.45) is 7.05 Å². The summed E-state index contributed by atoms with van der Waals surface area (Å²) in [6.45, 7) is 3.43. The Labute approximate surface area is 206 Å². The molecule has 0 atom stereocenters. The quantitative estimate of drug-likeness (QED) is 0.199. The lowest BCUT2D eigenvalue weighted by atomic mass is 10.1. The van der Waals surface area contributed by atoms with Crippen LogP contribution < -0.4 is 19.4 Å². The highest BCUT2D eigenvalue weighted by atomic mass is 16.5. The first kappa shape index (κ1) is 27.7. The molecule has 0 fully saturated rings. The van der Waals surface area contributed by atoms with Gasteiger partial charge in [-0.05, 0) is 24.1 Å². The molecule has 0 spiro atoms. The molecule has 0 saturated carbocycles. The van der Waals surface area contributed by atoms with Gasteiger partial charge >= 0.3 is 0 Å². The lowest BCUT2D eigenvalue weighted by molar-refractivity contribution is -0.671. The van der Waals surface area contributed by atoms with Gasteiger partial charge in [0.1, 0.15) is 18.5 Å². The third-order valence-electron chi connectivity index (χ3n) is 6.18. The van der Waals surface area contributed by atoms with Gasteiger partial charge < -0.3 is 14.8 Å². The second-order valence-electron chi connectivity index (χ2n) is 9.15. The van der Waals surface area contributed by atoms with Gasteiger partial charge in [0, 0.05) is 24.7 Å². The van der Waals surface area contributed by atoms with Gasteiger partial charge in [-0.1, -0.05) is 77.6 Å². The predicted molar refractivity (Wildman–Crippen MR) is 138 cm³/mol. The molecular formula is C29H45N2O3+. The Morgan fingerprint density at radius 2 is 1.44 bits per heavy atom. The van der Waals surface area contributed by atoms with Crippen LogP contribution in [0.5, 0.6) is 11.5 Å². The minimum absolute atomic E-state index is 0.155. The van der Waals surface area contributed by atoms with Gasteiger partial charge in [-0.15, -0.1) is 0 Å². The van der Waals surface area contributed by atoms with Gasteiger partial charge in [0.05, 0.1) is 19.3 Å². The molecule has 0 aliphatic heterocycles. The van der Waals surface area contributed by atoms with E-state index >= 15 is 0 Å². The van der Waals surface area contributed by atoms with E-state index in [4.69, 9.17) is 9.47 Å². The van der Waals surface area contributed by atoms with Gasteiger partial charge in [0.25, 0.3) is 5.91 Å². The van der Waals surface area contributed by atoms with E-state index in [-0.39, 0.29) is 5.91 Å². The van der Waals surface area contributed by atoms with Crippen molar-refractivity contribution in [1.29, 1.82) is 0 Å². The number of hydrogen-bond acceptors (Lipinski definition) is 3.